The molecule has 2 rings (SSSR count). The third-order valence-electron chi connectivity index (χ3n) is 1.39. The van der Waals surface area contributed by atoms with E-state index in [0.717, 1.165) is 11.0 Å². The van der Waals surface area contributed by atoms with Crippen LogP contribution in [0.1, 0.15) is 0 Å². The second-order valence-electron chi connectivity index (χ2n) is 2.04. The first-order chi connectivity index (χ1) is 4.88. The topological polar surface area (TPSA) is 67.6 Å². The van der Waals surface area contributed by atoms with Crippen molar-refractivity contribution in [3.63, 3.8) is 0 Å². The summed E-state index contributed by atoms with van der Waals surface area (Å²) in [6.45, 7) is 0. The Morgan fingerprint density at radius 1 is 1.50 bits per heavy atom. The monoisotopic (exact) mass is 134 g/mol. The molecule has 0 bridgehead atoms. The molecule has 0 aliphatic carbocycles. The molecule has 0 fully saturated rings. The van der Waals surface area contributed by atoms with Crippen LogP contribution in [0.4, 0.5) is 5.69 Å². The molecule has 2 aromatic rings. The van der Waals surface area contributed by atoms with Gasteiger partial charge in [0.15, 0.2) is 5.65 Å². The summed E-state index contributed by atoms with van der Waals surface area (Å²) < 4.78 is 0. The lowest BCUT2D eigenvalue weighted by atomic mass is 10.3. The maximum atomic E-state index is 5.58. The maximum absolute atomic E-state index is 5.58. The number of H-pyrrole nitrogens is 1. The number of hydrogen-bond acceptors (Lipinski definition) is 3. The van der Waals surface area contributed by atoms with E-state index in [1.165, 1.54) is 6.20 Å². The number of hydrogen-bond donors (Lipinski definition) is 2. The van der Waals surface area contributed by atoms with Crippen molar-refractivity contribution in [3.05, 3.63) is 18.5 Å². The highest BCUT2D eigenvalue weighted by Gasteiger charge is 1.97. The van der Waals surface area contributed by atoms with Crippen LogP contribution in [0.25, 0.3) is 11.0 Å². The molecule has 4 nitrogen and oxygen atoms in total. The van der Waals surface area contributed by atoms with Gasteiger partial charge in [-0.1, -0.05) is 0 Å². The average Bonchev–Trinajstić information content (AvgIpc) is 2.36. The lowest BCUT2D eigenvalue weighted by Gasteiger charge is -1.90. The van der Waals surface area contributed by atoms with Gasteiger partial charge < -0.3 is 10.7 Å². The van der Waals surface area contributed by atoms with Gasteiger partial charge in [0.25, 0.3) is 0 Å². The van der Waals surface area contributed by atoms with E-state index in [9.17, 15) is 0 Å². The van der Waals surface area contributed by atoms with Crippen LogP contribution < -0.4 is 5.73 Å². The van der Waals surface area contributed by atoms with Gasteiger partial charge in [0.2, 0.25) is 0 Å². The van der Waals surface area contributed by atoms with Crippen LogP contribution >= 0.6 is 0 Å². The first kappa shape index (κ1) is 5.22. The number of rotatable bonds is 0. The van der Waals surface area contributed by atoms with Crippen LogP contribution in [0.5, 0.6) is 0 Å². The van der Waals surface area contributed by atoms with E-state index in [4.69, 9.17) is 5.73 Å². The van der Waals surface area contributed by atoms with Gasteiger partial charge >= 0.3 is 0 Å². The molecule has 10 heavy (non-hydrogen) atoms. The number of nitrogens with two attached hydrogens (primary N) is 1. The van der Waals surface area contributed by atoms with Gasteiger partial charge in [-0.3, -0.25) is 0 Å². The first-order valence-corrected chi connectivity index (χ1v) is 2.92. The van der Waals surface area contributed by atoms with E-state index in [1.807, 2.05) is 6.07 Å². The van der Waals surface area contributed by atoms with Crippen molar-refractivity contribution in [2.45, 2.75) is 0 Å². The van der Waals surface area contributed by atoms with Crippen molar-refractivity contribution >= 4 is 16.7 Å². The fraction of sp³-hybridized carbons (Fsp3) is 0. The molecule has 0 atom stereocenters. The molecule has 0 radical (unpaired) electrons. The summed E-state index contributed by atoms with van der Waals surface area (Å²) in [4.78, 5) is 2.91. The summed E-state index contributed by atoms with van der Waals surface area (Å²) in [7, 11) is 0. The van der Waals surface area contributed by atoms with Gasteiger partial charge in [-0.05, 0) is 6.07 Å². The van der Waals surface area contributed by atoms with Crippen molar-refractivity contribution in [2.75, 3.05) is 5.73 Å². The minimum Gasteiger partial charge on any atom is -0.397 e. The van der Waals surface area contributed by atoms with Crippen LogP contribution in [0.15, 0.2) is 18.5 Å². The smallest absolute Gasteiger partial charge is 0.162 e. The zero-order valence-corrected chi connectivity index (χ0v) is 5.20. The predicted octanol–water partition coefficient (Wildman–Crippen LogP) is 0.540. The third kappa shape index (κ3) is 0.556. The van der Waals surface area contributed by atoms with E-state index in [0.29, 0.717) is 5.69 Å². The van der Waals surface area contributed by atoms with Gasteiger partial charge in [-0.15, -0.1) is 5.10 Å². The Kier molecular flexibility index (Phi) is 0.887. The minimum atomic E-state index is 0.659. The number of aromatic nitrogens is 3. The van der Waals surface area contributed by atoms with E-state index < -0.39 is 0 Å². The molecule has 0 spiro atoms. The molecule has 3 N–H and O–H groups in total. The highest BCUT2D eigenvalue weighted by atomic mass is 15.1. The van der Waals surface area contributed by atoms with Crippen LogP contribution in [0, 0.1) is 0 Å². The van der Waals surface area contributed by atoms with Crippen molar-refractivity contribution in [2.24, 2.45) is 0 Å². The number of fused-ring (bicyclic) bond motifs is 1. The van der Waals surface area contributed by atoms with Gasteiger partial charge in [0.1, 0.15) is 0 Å². The van der Waals surface area contributed by atoms with Gasteiger partial charge in [0, 0.05) is 11.6 Å². The third-order valence-corrected chi connectivity index (χ3v) is 1.39. The van der Waals surface area contributed by atoms with Crippen molar-refractivity contribution < 1.29 is 0 Å². The Morgan fingerprint density at radius 2 is 2.40 bits per heavy atom. The molecule has 2 aromatic heterocycles. The number of aromatic amines is 1. The van der Waals surface area contributed by atoms with Gasteiger partial charge in [-0.2, -0.15) is 5.10 Å². The largest absolute Gasteiger partial charge is 0.397 e. The molecule has 0 amide bonds. The van der Waals surface area contributed by atoms with Crippen molar-refractivity contribution in [3.8, 4) is 0 Å². The summed E-state index contributed by atoms with van der Waals surface area (Å²) in [5, 5.41) is 8.42. The second-order valence-corrected chi connectivity index (χ2v) is 2.04. The maximum Gasteiger partial charge on any atom is 0.162 e. The SMILES string of the molecule is Nc1cnnc2[nH]ccc12. The van der Waals surface area contributed by atoms with E-state index in [2.05, 4.69) is 15.2 Å². The molecule has 0 saturated heterocycles. The van der Waals surface area contributed by atoms with Crippen LogP contribution in [-0.2, 0) is 0 Å². The molecule has 2 heterocycles. The number of anilines is 1. The molecule has 0 aromatic carbocycles. The zero-order valence-electron chi connectivity index (χ0n) is 5.20. The number of nitrogens with zero attached hydrogens (tertiary/aromatic N) is 2. The fourth-order valence-corrected chi connectivity index (χ4v) is 0.895. The van der Waals surface area contributed by atoms with E-state index >= 15 is 0 Å². The Bertz CT molecular complexity index is 351. The Morgan fingerprint density at radius 3 is 3.20 bits per heavy atom. The quantitative estimate of drug-likeness (QED) is 0.552. The minimum absolute atomic E-state index is 0.659. The Balaban J connectivity index is 2.95. The average molecular weight is 134 g/mol. The van der Waals surface area contributed by atoms with Crippen molar-refractivity contribution in [1.29, 1.82) is 0 Å². The molecular formula is C6H6N4. The van der Waals surface area contributed by atoms with E-state index in [1.54, 1.807) is 6.20 Å². The highest BCUT2D eigenvalue weighted by molar-refractivity contribution is 5.86. The molecule has 0 unspecified atom stereocenters. The molecular weight excluding hydrogens is 128 g/mol. The van der Waals surface area contributed by atoms with Crippen LogP contribution in [0.3, 0.4) is 0 Å². The predicted molar refractivity (Wildman–Crippen MR) is 38.3 cm³/mol. The number of nitrogens with one attached hydrogen (secondary N) is 1. The van der Waals surface area contributed by atoms with Crippen molar-refractivity contribution in [1.82, 2.24) is 15.2 Å². The van der Waals surface area contributed by atoms with Crippen LogP contribution in [0.2, 0.25) is 0 Å². The summed E-state index contributed by atoms with van der Waals surface area (Å²) >= 11 is 0. The summed E-state index contributed by atoms with van der Waals surface area (Å²) in [5.74, 6) is 0. The summed E-state index contributed by atoms with van der Waals surface area (Å²) in [6, 6.07) is 1.87. The molecule has 4 heteroatoms. The Hall–Kier alpha value is -1.58. The first-order valence-electron chi connectivity index (χ1n) is 2.92. The molecule has 0 aliphatic rings. The lowest BCUT2D eigenvalue weighted by molar-refractivity contribution is 1.06. The van der Waals surface area contributed by atoms with Gasteiger partial charge in [-0.25, -0.2) is 0 Å². The highest BCUT2D eigenvalue weighted by Crippen LogP contribution is 2.14. The second kappa shape index (κ2) is 1.70. The molecule has 0 aliphatic heterocycles. The summed E-state index contributed by atoms with van der Waals surface area (Å²) in [6.07, 6.45) is 3.33. The number of nitrogen functional groups attached to an aromatic ring is 1. The van der Waals surface area contributed by atoms with Gasteiger partial charge in [0.05, 0.1) is 11.9 Å². The Labute approximate surface area is 57.1 Å². The standard InChI is InChI=1S/C6H6N4/c7-5-3-9-10-6-4(5)1-2-8-6/h1-3H,(H3,7,8,10). The molecule has 50 valence electrons. The fourth-order valence-electron chi connectivity index (χ4n) is 0.895. The molecule has 0 saturated carbocycles. The van der Waals surface area contributed by atoms with Crippen LogP contribution in [-0.4, -0.2) is 15.2 Å². The summed E-state index contributed by atoms with van der Waals surface area (Å²) in [5.41, 5.74) is 6.97. The normalized spacial score (nSPS) is 10.4. The lowest BCUT2D eigenvalue weighted by Crippen LogP contribution is -1.89. The zero-order chi connectivity index (χ0) is 6.97. The van der Waals surface area contributed by atoms with E-state index in [-0.39, 0.29) is 0 Å².